The lowest BCUT2D eigenvalue weighted by Crippen LogP contribution is -2.50. The fourth-order valence-corrected chi connectivity index (χ4v) is 7.62. The van der Waals surface area contributed by atoms with Crippen molar-refractivity contribution in [1.29, 1.82) is 0 Å². The third-order valence-corrected chi connectivity index (χ3v) is 9.46. The van der Waals surface area contributed by atoms with E-state index in [2.05, 4.69) is 30.1 Å². The largest absolute Gasteiger partial charge is 0.417 e. The van der Waals surface area contributed by atoms with Crippen LogP contribution in [0.1, 0.15) is 76.3 Å². The Hall–Kier alpha value is -1.95. The molecule has 4 aliphatic rings. The lowest BCUT2D eigenvalue weighted by molar-refractivity contribution is -0.137. The van der Waals surface area contributed by atoms with Crippen molar-refractivity contribution >= 4 is 11.9 Å². The number of allylic oxidation sites excluding steroid dienone is 1. The Labute approximate surface area is 193 Å². The van der Waals surface area contributed by atoms with E-state index in [-0.39, 0.29) is 22.5 Å². The van der Waals surface area contributed by atoms with Crippen LogP contribution in [-0.2, 0) is 6.18 Å². The van der Waals surface area contributed by atoms with Gasteiger partial charge in [0.1, 0.15) is 0 Å². The number of halogens is 3. The summed E-state index contributed by atoms with van der Waals surface area (Å²) in [6, 6.07) is 5.50. The monoisotopic (exact) mass is 458 g/mol. The van der Waals surface area contributed by atoms with Gasteiger partial charge in [-0.05, 0) is 80.6 Å². The van der Waals surface area contributed by atoms with E-state index in [1.165, 1.54) is 23.9 Å². The zero-order valence-electron chi connectivity index (χ0n) is 19.4. The van der Waals surface area contributed by atoms with E-state index in [0.717, 1.165) is 63.1 Å². The molecule has 0 heterocycles. The van der Waals surface area contributed by atoms with Gasteiger partial charge in [-0.25, -0.2) is 0 Å². The van der Waals surface area contributed by atoms with Gasteiger partial charge in [0.25, 0.3) is 0 Å². The summed E-state index contributed by atoms with van der Waals surface area (Å²) >= 11 is 0. The van der Waals surface area contributed by atoms with Crippen LogP contribution in [0.4, 0.5) is 13.2 Å². The van der Waals surface area contributed by atoms with Crippen LogP contribution in [0, 0.1) is 28.6 Å². The Balaban J connectivity index is 1.38. The van der Waals surface area contributed by atoms with Crippen LogP contribution in [0.3, 0.4) is 0 Å². The average Bonchev–Trinajstić information content (AvgIpc) is 3.10. The highest BCUT2D eigenvalue weighted by molar-refractivity contribution is 5.93. The second-order valence-corrected chi connectivity index (χ2v) is 11.0. The summed E-state index contributed by atoms with van der Waals surface area (Å²) in [4.78, 5) is 0. The quantitative estimate of drug-likeness (QED) is 0.296. The van der Waals surface area contributed by atoms with Gasteiger partial charge in [-0.15, -0.1) is 0 Å². The van der Waals surface area contributed by atoms with E-state index in [4.69, 9.17) is 0 Å². The van der Waals surface area contributed by atoms with E-state index in [9.17, 15) is 18.3 Å². The van der Waals surface area contributed by atoms with Crippen molar-refractivity contribution in [3.8, 4) is 0 Å². The van der Waals surface area contributed by atoms with E-state index in [0.29, 0.717) is 17.8 Å². The molecule has 1 aromatic carbocycles. The second kappa shape index (κ2) is 8.07. The topological polar surface area (TPSA) is 45.0 Å². The molecule has 1 N–H and O–H groups in total. The van der Waals surface area contributed by atoms with Gasteiger partial charge in [0, 0.05) is 16.7 Å². The third kappa shape index (κ3) is 3.78. The summed E-state index contributed by atoms with van der Waals surface area (Å²) in [6.45, 7) is 4.71. The number of hydrogen-bond donors (Lipinski definition) is 1. The molecule has 5 rings (SSSR count). The molecule has 6 atom stereocenters. The maximum absolute atomic E-state index is 13.3. The molecule has 0 amide bonds. The zero-order valence-corrected chi connectivity index (χ0v) is 19.4. The van der Waals surface area contributed by atoms with Gasteiger partial charge in [-0.2, -0.15) is 23.4 Å². The predicted octanol–water partition coefficient (Wildman–Crippen LogP) is 6.80. The maximum Gasteiger partial charge on any atom is 0.417 e. The number of aliphatic hydroxyl groups is 1. The Morgan fingerprint density at radius 3 is 2.55 bits per heavy atom. The maximum atomic E-state index is 13.3. The van der Waals surface area contributed by atoms with Crippen LogP contribution >= 0.6 is 0 Å². The summed E-state index contributed by atoms with van der Waals surface area (Å²) < 4.78 is 39.8. The third-order valence-electron chi connectivity index (χ3n) is 9.46. The van der Waals surface area contributed by atoms with Crippen molar-refractivity contribution in [2.24, 2.45) is 38.8 Å². The number of fused-ring (bicyclic) bond motifs is 5. The van der Waals surface area contributed by atoms with Gasteiger partial charge in [0.15, 0.2) is 0 Å². The Bertz CT molecular complexity index is 1010. The average molecular weight is 459 g/mol. The molecule has 0 spiro atoms. The molecular formula is C27H33F3N2O. The van der Waals surface area contributed by atoms with Crippen LogP contribution < -0.4 is 0 Å². The summed E-state index contributed by atoms with van der Waals surface area (Å²) in [5.41, 5.74) is 2.05. The number of nitrogens with zero attached hydrogens (tertiary/aromatic N) is 2. The van der Waals surface area contributed by atoms with Crippen LogP contribution in [0.5, 0.6) is 0 Å². The van der Waals surface area contributed by atoms with Gasteiger partial charge in [0.2, 0.25) is 0 Å². The first-order valence-electron chi connectivity index (χ1n) is 12.3. The van der Waals surface area contributed by atoms with E-state index in [1.807, 2.05) is 0 Å². The van der Waals surface area contributed by atoms with Gasteiger partial charge < -0.3 is 5.11 Å². The number of aliphatic hydroxyl groups excluding tert-OH is 1. The van der Waals surface area contributed by atoms with E-state index >= 15 is 0 Å². The van der Waals surface area contributed by atoms with Gasteiger partial charge >= 0.3 is 6.18 Å². The fourth-order valence-electron chi connectivity index (χ4n) is 7.62. The van der Waals surface area contributed by atoms with E-state index < -0.39 is 11.7 Å². The lowest BCUT2D eigenvalue weighted by Gasteiger charge is -2.57. The number of hydrogen-bond acceptors (Lipinski definition) is 3. The smallest absolute Gasteiger partial charge is 0.393 e. The number of alkyl halides is 3. The Kier molecular flexibility index (Phi) is 5.58. The van der Waals surface area contributed by atoms with Crippen molar-refractivity contribution < 1.29 is 18.3 Å². The van der Waals surface area contributed by atoms with Crippen molar-refractivity contribution in [2.75, 3.05) is 0 Å². The van der Waals surface area contributed by atoms with Crippen molar-refractivity contribution in [3.63, 3.8) is 0 Å². The molecule has 0 radical (unpaired) electrons. The second-order valence-electron chi connectivity index (χ2n) is 11.0. The molecular weight excluding hydrogens is 425 g/mol. The molecule has 3 saturated carbocycles. The molecule has 0 aliphatic heterocycles. The predicted molar refractivity (Wildman–Crippen MR) is 124 cm³/mol. The standard InChI is InChI=1S/C27H33F3N2O/c1-25-13-11-19(33)15-18(25)7-8-20-22-9-10-24(26(22,2)14-12-23(20)25)32-31-16-17-5-3-4-6-21(17)27(28,29)30/h3-7,16,19-20,22-23,33H,8-15H2,1-2H3/b31-16-,32-24-/t19-,20+,22-,23+,25-,26-/m0/s1. The first-order valence-corrected chi connectivity index (χ1v) is 12.3. The molecule has 0 bridgehead atoms. The van der Waals surface area contributed by atoms with E-state index in [1.54, 1.807) is 6.07 Å². The highest BCUT2D eigenvalue weighted by Gasteiger charge is 2.57. The molecule has 6 heteroatoms. The molecule has 0 aromatic heterocycles. The minimum atomic E-state index is -4.41. The van der Waals surface area contributed by atoms with Crippen molar-refractivity contribution in [2.45, 2.75) is 77.5 Å². The zero-order chi connectivity index (χ0) is 23.4. The van der Waals surface area contributed by atoms with Gasteiger partial charge in [-0.3, -0.25) is 0 Å². The summed E-state index contributed by atoms with van der Waals surface area (Å²) in [7, 11) is 0. The van der Waals surface area contributed by atoms with Crippen molar-refractivity contribution in [1.82, 2.24) is 0 Å². The lowest BCUT2D eigenvalue weighted by atomic mass is 9.48. The van der Waals surface area contributed by atoms with Crippen LogP contribution in [-0.4, -0.2) is 23.1 Å². The first kappa shape index (κ1) is 22.8. The minimum absolute atomic E-state index is 0.0298. The normalized spacial score (nSPS) is 39.8. The minimum Gasteiger partial charge on any atom is -0.393 e. The highest BCUT2D eigenvalue weighted by Crippen LogP contribution is 2.64. The summed E-state index contributed by atoms with van der Waals surface area (Å²) in [5.74, 6) is 1.79. The van der Waals surface area contributed by atoms with Gasteiger partial charge in [-0.1, -0.05) is 43.7 Å². The Morgan fingerprint density at radius 2 is 1.76 bits per heavy atom. The molecule has 0 saturated heterocycles. The first-order chi connectivity index (χ1) is 15.6. The molecule has 0 unspecified atom stereocenters. The molecule has 3 nitrogen and oxygen atoms in total. The Morgan fingerprint density at radius 1 is 1.03 bits per heavy atom. The van der Waals surface area contributed by atoms with Crippen LogP contribution in [0.25, 0.3) is 0 Å². The fraction of sp³-hybridized carbons (Fsp3) is 0.630. The van der Waals surface area contributed by atoms with Crippen molar-refractivity contribution in [3.05, 3.63) is 47.0 Å². The SMILES string of the molecule is C[C@]12CC[C@H](O)CC1=CC[C@H]1[C@H]2CC[C@]2(C)/C(=N\N=C/c3ccccc3C(F)(F)F)CC[C@@H]12. The summed E-state index contributed by atoms with van der Waals surface area (Å²) in [6.07, 6.45) is 7.05. The summed E-state index contributed by atoms with van der Waals surface area (Å²) in [5, 5.41) is 18.8. The van der Waals surface area contributed by atoms with Crippen LogP contribution in [0.15, 0.2) is 46.1 Å². The number of rotatable bonds is 2. The molecule has 3 fully saturated rings. The van der Waals surface area contributed by atoms with Crippen LogP contribution in [0.2, 0.25) is 0 Å². The van der Waals surface area contributed by atoms with Gasteiger partial charge in [0.05, 0.1) is 17.9 Å². The molecule has 4 aliphatic carbocycles. The molecule has 33 heavy (non-hydrogen) atoms. The highest BCUT2D eigenvalue weighted by atomic mass is 19.4. The molecule has 1 aromatic rings. The molecule has 178 valence electrons. The number of benzene rings is 1.